The molecule has 0 aromatic heterocycles. The number of carbonyl (C=O) groups excluding carboxylic acids is 2. The summed E-state index contributed by atoms with van der Waals surface area (Å²) in [4.78, 5) is 28.4. The van der Waals surface area contributed by atoms with E-state index in [1.54, 1.807) is 67.6 Å². The van der Waals surface area contributed by atoms with Gasteiger partial charge in [0, 0.05) is 62.6 Å². The summed E-state index contributed by atoms with van der Waals surface area (Å²) in [6, 6.07) is 49.0. The summed E-state index contributed by atoms with van der Waals surface area (Å²) in [6.45, 7) is 11.1. The molecule has 3 saturated carbocycles. The predicted octanol–water partition coefficient (Wildman–Crippen LogP) is 13.3. The number of fused-ring (bicyclic) bond motifs is 3. The number of likely N-dealkylation sites (tertiary alicyclic amines) is 2. The van der Waals surface area contributed by atoms with Crippen molar-refractivity contribution < 1.29 is 43.2 Å². The highest BCUT2D eigenvalue weighted by molar-refractivity contribution is 9.10. The summed E-state index contributed by atoms with van der Waals surface area (Å²) in [6.07, 6.45) is 4.89. The number of nitrogens with zero attached hydrogens (tertiary/aromatic N) is 2. The number of carbonyl (C=O) groups is 2. The molecule has 13 atom stereocenters. The number of hydrogen-bond acceptors (Lipinski definition) is 9. The molecule has 7 unspecified atom stereocenters. The Morgan fingerprint density at radius 2 is 0.805 bits per heavy atom. The van der Waals surface area contributed by atoms with Crippen LogP contribution in [0.1, 0.15) is 108 Å². The van der Waals surface area contributed by atoms with E-state index in [-0.39, 0.29) is 45.7 Å². The number of halogens is 4. The Bertz CT molecular complexity index is 2950. The molecule has 12 rings (SSSR count). The first-order chi connectivity index (χ1) is 39.2. The van der Waals surface area contributed by atoms with Crippen LogP contribution in [0.4, 0.5) is 13.2 Å². The highest BCUT2D eigenvalue weighted by atomic mass is 79.9. The second kappa shape index (κ2) is 26.8. The largest absolute Gasteiger partial charge is 0.508 e. The summed E-state index contributed by atoms with van der Waals surface area (Å²) in [5.74, 6) is 3.17. The Morgan fingerprint density at radius 3 is 1.16 bits per heavy atom. The van der Waals surface area contributed by atoms with E-state index < -0.39 is 23.1 Å². The number of aliphatic hydroxyl groups excluding tert-OH is 1. The van der Waals surface area contributed by atoms with E-state index in [9.17, 15) is 29.3 Å². The van der Waals surface area contributed by atoms with Gasteiger partial charge in [-0.05, 0) is 191 Å². The SMILES string of the molecule is CC(Br)C(=O)c1ccc(O)cc1.CC(C(=O)c1ccc(O)cc1)N1C[C@@H]2CC(F)(Cc3ccccc3)C[C@@H]2C1.CC(C(O)c1ccc(O)cc1)N1C[C@@H]2CC(F)(Cc3ccccc3)C[C@@H]2C1.FC1(Cc2ccccc2)C[C@H]2CNC[C@H]2C1. The van der Waals surface area contributed by atoms with Gasteiger partial charge in [0.05, 0.1) is 17.0 Å². The van der Waals surface area contributed by atoms with Crippen LogP contribution in [0, 0.1) is 35.5 Å². The van der Waals surface area contributed by atoms with E-state index in [0.29, 0.717) is 91.6 Å². The van der Waals surface area contributed by atoms with Crippen molar-refractivity contribution in [2.24, 2.45) is 35.5 Å². The van der Waals surface area contributed by atoms with Crippen LogP contribution in [0.25, 0.3) is 0 Å². The lowest BCUT2D eigenvalue weighted by molar-refractivity contribution is 0.0602. The molecule has 0 radical (unpaired) electrons. The number of alkyl halides is 4. The highest BCUT2D eigenvalue weighted by Gasteiger charge is 2.52. The monoisotopic (exact) mass is 1180 g/mol. The third kappa shape index (κ3) is 15.7. The van der Waals surface area contributed by atoms with Gasteiger partial charge in [0.25, 0.3) is 0 Å². The number of aromatic hydroxyl groups is 3. The molecule has 3 aliphatic carbocycles. The maximum atomic E-state index is 15.4. The molecule has 6 aromatic carbocycles. The quantitative estimate of drug-likeness (QED) is 0.0534. The van der Waals surface area contributed by atoms with Gasteiger partial charge in [-0.3, -0.25) is 19.4 Å². The molecular weight excluding hydrogens is 1100 g/mol. The first kappa shape index (κ1) is 60.8. The second-order valence-corrected chi connectivity index (χ2v) is 26.1. The molecule has 0 amide bonds. The summed E-state index contributed by atoms with van der Waals surface area (Å²) in [5.41, 5.74) is 2.14. The van der Waals surface area contributed by atoms with E-state index in [2.05, 4.69) is 31.0 Å². The number of aliphatic hydroxyl groups is 1. The molecule has 6 aliphatic rings. The van der Waals surface area contributed by atoms with Crippen LogP contribution in [0.3, 0.4) is 0 Å². The average Bonchev–Trinajstić information content (AvgIpc) is 4.50. The molecule has 3 saturated heterocycles. The fourth-order valence-corrected chi connectivity index (χ4v) is 14.5. The molecule has 6 fully saturated rings. The van der Waals surface area contributed by atoms with Crippen molar-refractivity contribution in [3.63, 3.8) is 0 Å². The molecule has 9 nitrogen and oxygen atoms in total. The standard InChI is InChI=1S/C23H28FNO2.C23H26FNO2.C14H18FN.C9H9BrO2/c2*1-16(22(27)18-7-9-21(26)10-8-18)25-14-19-12-23(24,13-20(19)15-25)11-17-5-3-2-4-6-17;15-14(6-11-4-2-1-3-5-11)7-12-9-16-10-13(12)8-14;1-6(10)9(12)7-2-4-8(11)5-3-7/h2-10,16,19-20,22,26-27H,11-15H2,1H3;2-10,16,19-20,26H,11-15H2,1H3;1-5,12-13,16H,6-10H2;2-6,11H,1H3/t16?,19-,20+,22?,23?;16?,19-,20+,23?;12-,13+,14?;. The minimum Gasteiger partial charge on any atom is -0.508 e. The van der Waals surface area contributed by atoms with E-state index in [0.717, 1.165) is 74.4 Å². The number of benzene rings is 6. The van der Waals surface area contributed by atoms with Crippen molar-refractivity contribution in [3.05, 3.63) is 197 Å². The van der Waals surface area contributed by atoms with Crippen molar-refractivity contribution >= 4 is 27.5 Å². The molecule has 0 spiro atoms. The van der Waals surface area contributed by atoms with Crippen molar-refractivity contribution in [2.45, 2.75) is 119 Å². The highest BCUT2D eigenvalue weighted by Crippen LogP contribution is 2.50. The normalized spacial score (nSPS) is 28.6. The number of phenols is 3. The van der Waals surface area contributed by atoms with E-state index in [1.165, 1.54) is 12.1 Å². The zero-order valence-corrected chi connectivity index (χ0v) is 49.1. The van der Waals surface area contributed by atoms with Crippen molar-refractivity contribution in [1.82, 2.24) is 15.1 Å². The minimum atomic E-state index is -1.12. The van der Waals surface area contributed by atoms with E-state index in [4.69, 9.17) is 5.11 Å². The fraction of sp³-hybridized carbons (Fsp3) is 0.449. The fourth-order valence-electron chi connectivity index (χ4n) is 14.2. The first-order valence-corrected chi connectivity index (χ1v) is 30.3. The lowest BCUT2D eigenvalue weighted by Gasteiger charge is -2.31. The third-order valence-electron chi connectivity index (χ3n) is 18.4. The van der Waals surface area contributed by atoms with Crippen LogP contribution >= 0.6 is 15.9 Å². The van der Waals surface area contributed by atoms with Crippen LogP contribution < -0.4 is 5.32 Å². The Hall–Kier alpha value is -5.83. The molecule has 13 heteroatoms. The smallest absolute Gasteiger partial charge is 0.179 e. The molecule has 6 aromatic rings. The lowest BCUT2D eigenvalue weighted by Crippen LogP contribution is -2.39. The van der Waals surface area contributed by atoms with Gasteiger partial charge in [-0.1, -0.05) is 119 Å². The van der Waals surface area contributed by atoms with E-state index >= 15 is 8.78 Å². The van der Waals surface area contributed by atoms with Crippen molar-refractivity contribution in [2.75, 3.05) is 39.3 Å². The number of Topliss-reactive ketones (excluding diaryl/α,β-unsaturated/α-hetero) is 2. The Balaban J connectivity index is 0.000000138. The van der Waals surface area contributed by atoms with Gasteiger partial charge in [-0.2, -0.15) is 0 Å². The second-order valence-electron chi connectivity index (χ2n) is 24.7. The van der Waals surface area contributed by atoms with Gasteiger partial charge in [-0.25, -0.2) is 13.2 Å². The van der Waals surface area contributed by atoms with Crippen LogP contribution in [-0.2, 0) is 19.3 Å². The van der Waals surface area contributed by atoms with Gasteiger partial charge in [-0.15, -0.1) is 0 Å². The molecular formula is C69H81BrF3N3O6. The van der Waals surface area contributed by atoms with Crippen LogP contribution in [-0.4, -0.2) is 115 Å². The van der Waals surface area contributed by atoms with E-state index in [1.807, 2.05) is 105 Å². The molecule has 82 heavy (non-hydrogen) atoms. The van der Waals surface area contributed by atoms with Crippen molar-refractivity contribution in [3.8, 4) is 17.2 Å². The average molecular weight is 1190 g/mol. The van der Waals surface area contributed by atoms with Gasteiger partial charge in [0.15, 0.2) is 11.6 Å². The number of phenolic OH excluding ortho intramolecular Hbond substituents is 3. The zero-order chi connectivity index (χ0) is 58.2. The lowest BCUT2D eigenvalue weighted by atomic mass is 9.93. The number of hydrogen-bond donors (Lipinski definition) is 5. The Kier molecular flexibility index (Phi) is 19.9. The molecule has 5 N–H and O–H groups in total. The number of rotatable bonds is 14. The van der Waals surface area contributed by atoms with Crippen LogP contribution in [0.2, 0.25) is 0 Å². The molecule has 3 heterocycles. The third-order valence-corrected chi connectivity index (χ3v) is 18.8. The van der Waals surface area contributed by atoms with Crippen LogP contribution in [0.5, 0.6) is 17.2 Å². The zero-order valence-electron chi connectivity index (χ0n) is 47.5. The number of nitrogens with one attached hydrogen (secondary N) is 1. The van der Waals surface area contributed by atoms with Gasteiger partial charge in [0.1, 0.15) is 34.3 Å². The number of ketones is 2. The molecule has 3 aliphatic heterocycles. The summed E-state index contributed by atoms with van der Waals surface area (Å²) < 4.78 is 45.5. The molecule has 0 bridgehead atoms. The van der Waals surface area contributed by atoms with Crippen molar-refractivity contribution in [1.29, 1.82) is 0 Å². The molecule has 436 valence electrons. The summed E-state index contributed by atoms with van der Waals surface area (Å²) in [5, 5.41) is 41.8. The van der Waals surface area contributed by atoms with Gasteiger partial charge >= 0.3 is 0 Å². The Morgan fingerprint density at radius 1 is 0.488 bits per heavy atom. The summed E-state index contributed by atoms with van der Waals surface area (Å²) in [7, 11) is 0. The minimum absolute atomic E-state index is 0.0231. The predicted molar refractivity (Wildman–Crippen MR) is 322 cm³/mol. The van der Waals surface area contributed by atoms with Crippen LogP contribution in [0.15, 0.2) is 164 Å². The van der Waals surface area contributed by atoms with Gasteiger partial charge in [0.2, 0.25) is 0 Å². The van der Waals surface area contributed by atoms with Gasteiger partial charge < -0.3 is 25.7 Å². The summed E-state index contributed by atoms with van der Waals surface area (Å²) >= 11 is 3.18. The topological polar surface area (TPSA) is 134 Å². The maximum Gasteiger partial charge on any atom is 0.179 e. The maximum absolute atomic E-state index is 15.4. The Labute approximate surface area is 491 Å². The first-order valence-electron chi connectivity index (χ1n) is 29.4.